The summed E-state index contributed by atoms with van der Waals surface area (Å²) in [6, 6.07) is 5.11. The first-order chi connectivity index (χ1) is 16.1. The molecule has 1 N–H and O–H groups in total. The third-order valence-electron chi connectivity index (χ3n) is 6.40. The van der Waals surface area contributed by atoms with E-state index in [0.29, 0.717) is 41.4 Å². The van der Waals surface area contributed by atoms with E-state index in [2.05, 4.69) is 5.32 Å². The lowest BCUT2D eigenvalue weighted by Gasteiger charge is -2.31. The van der Waals surface area contributed by atoms with Gasteiger partial charge in [0.2, 0.25) is 22.7 Å². The quantitative estimate of drug-likeness (QED) is 0.618. The van der Waals surface area contributed by atoms with E-state index in [4.69, 9.17) is 14.2 Å². The number of piperidine rings is 1. The van der Waals surface area contributed by atoms with Crippen molar-refractivity contribution in [2.75, 3.05) is 31.8 Å². The molecule has 2 aromatic rings. The molecule has 0 bridgehead atoms. The smallest absolute Gasteiger partial charge is 0.341 e. The normalized spacial score (nSPS) is 18.1. The lowest BCUT2D eigenvalue weighted by atomic mass is 9.98. The van der Waals surface area contributed by atoms with E-state index in [1.54, 1.807) is 50.6 Å². The SMILES string of the molecule is CCOC(=O)c1c(S(=O)(=O)N2CCC[C@H](C(=O)Nc3ccc4c(c3)OCO4)C2)c(C)n(C)c1C. The minimum absolute atomic E-state index is 0.0222. The van der Waals surface area contributed by atoms with Gasteiger partial charge >= 0.3 is 5.97 Å². The van der Waals surface area contributed by atoms with Gasteiger partial charge in [-0.15, -0.1) is 0 Å². The van der Waals surface area contributed by atoms with Crippen molar-refractivity contribution in [1.29, 1.82) is 0 Å². The Morgan fingerprint density at radius 1 is 1.18 bits per heavy atom. The summed E-state index contributed by atoms with van der Waals surface area (Å²) in [7, 11) is -2.33. The van der Waals surface area contributed by atoms with Crippen LogP contribution < -0.4 is 14.8 Å². The first kappa shape index (κ1) is 24.1. The molecule has 34 heavy (non-hydrogen) atoms. The molecule has 1 amide bonds. The fourth-order valence-electron chi connectivity index (χ4n) is 4.40. The van der Waals surface area contributed by atoms with Gasteiger partial charge in [0.25, 0.3) is 0 Å². The van der Waals surface area contributed by atoms with Gasteiger partial charge in [-0.3, -0.25) is 4.79 Å². The zero-order valence-corrected chi connectivity index (χ0v) is 20.5. The molecule has 0 aliphatic carbocycles. The fourth-order valence-corrected chi connectivity index (χ4v) is 6.40. The number of ether oxygens (including phenoxy) is 3. The average molecular weight is 492 g/mol. The molecule has 0 radical (unpaired) electrons. The van der Waals surface area contributed by atoms with Gasteiger partial charge in [0.15, 0.2) is 11.5 Å². The van der Waals surface area contributed by atoms with E-state index >= 15 is 0 Å². The zero-order chi connectivity index (χ0) is 24.6. The highest BCUT2D eigenvalue weighted by Gasteiger charge is 2.39. The molecule has 1 fully saturated rings. The number of hydrogen-bond acceptors (Lipinski definition) is 7. The van der Waals surface area contributed by atoms with E-state index in [-0.39, 0.29) is 42.9 Å². The van der Waals surface area contributed by atoms with E-state index in [9.17, 15) is 18.0 Å². The number of fused-ring (bicyclic) bond motifs is 1. The molecule has 1 atom stereocenters. The maximum absolute atomic E-state index is 13.7. The number of benzene rings is 1. The number of aromatic nitrogens is 1. The third-order valence-corrected chi connectivity index (χ3v) is 8.42. The largest absolute Gasteiger partial charge is 0.462 e. The number of sulfonamides is 1. The number of rotatable bonds is 6. The Labute approximate surface area is 198 Å². The summed E-state index contributed by atoms with van der Waals surface area (Å²) >= 11 is 0. The standard InChI is InChI=1S/C23H29N3O7S/c1-5-31-23(28)20-14(2)25(4)15(3)21(20)34(29,30)26-10-6-7-16(12-26)22(27)24-17-8-9-18-19(11-17)33-13-32-18/h8-9,11,16H,5-7,10,12-13H2,1-4H3,(H,24,27)/t16-/m0/s1. The minimum atomic E-state index is -4.04. The summed E-state index contributed by atoms with van der Waals surface area (Å²) in [5, 5.41) is 2.85. The second-order valence-electron chi connectivity index (χ2n) is 8.41. The molecule has 4 rings (SSSR count). The summed E-state index contributed by atoms with van der Waals surface area (Å²) in [6.45, 7) is 5.59. The summed E-state index contributed by atoms with van der Waals surface area (Å²) in [5.41, 5.74) is 1.57. The van der Waals surface area contributed by atoms with Crippen LogP contribution in [0.3, 0.4) is 0 Å². The number of carbonyl (C=O) groups is 2. The van der Waals surface area contributed by atoms with Crippen LogP contribution in [0.1, 0.15) is 41.5 Å². The van der Waals surface area contributed by atoms with Crippen LogP contribution in [0.2, 0.25) is 0 Å². The number of carbonyl (C=O) groups excluding carboxylic acids is 2. The Morgan fingerprint density at radius 2 is 1.91 bits per heavy atom. The number of nitrogens with zero attached hydrogens (tertiary/aromatic N) is 2. The lowest BCUT2D eigenvalue weighted by Crippen LogP contribution is -2.44. The van der Waals surface area contributed by atoms with Gasteiger partial charge < -0.3 is 24.1 Å². The molecular weight excluding hydrogens is 462 g/mol. The fraction of sp³-hybridized carbons (Fsp3) is 0.478. The van der Waals surface area contributed by atoms with Crippen molar-refractivity contribution < 1.29 is 32.2 Å². The number of nitrogens with one attached hydrogen (secondary N) is 1. The van der Waals surface area contributed by atoms with Gasteiger partial charge in [-0.2, -0.15) is 4.31 Å². The van der Waals surface area contributed by atoms with Crippen molar-refractivity contribution >= 4 is 27.6 Å². The number of esters is 1. The average Bonchev–Trinajstić information content (AvgIpc) is 3.37. The van der Waals surface area contributed by atoms with Crippen molar-refractivity contribution in [2.45, 2.75) is 38.5 Å². The van der Waals surface area contributed by atoms with Gasteiger partial charge in [0.05, 0.1) is 12.5 Å². The van der Waals surface area contributed by atoms with E-state index < -0.39 is 21.9 Å². The molecule has 11 heteroatoms. The lowest BCUT2D eigenvalue weighted by molar-refractivity contribution is -0.120. The van der Waals surface area contributed by atoms with Crippen LogP contribution in [0.4, 0.5) is 5.69 Å². The molecular formula is C23H29N3O7S. The molecule has 0 unspecified atom stereocenters. The Kier molecular flexibility index (Phi) is 6.59. The van der Waals surface area contributed by atoms with E-state index in [1.807, 2.05) is 0 Å². The monoisotopic (exact) mass is 491 g/mol. The Balaban J connectivity index is 1.56. The summed E-state index contributed by atoms with van der Waals surface area (Å²) in [4.78, 5) is 25.6. The van der Waals surface area contributed by atoms with E-state index in [1.165, 1.54) is 4.31 Å². The van der Waals surface area contributed by atoms with Gasteiger partial charge in [0.1, 0.15) is 10.5 Å². The molecule has 1 saturated heterocycles. The molecule has 1 aromatic heterocycles. The third kappa shape index (κ3) is 4.25. The first-order valence-corrected chi connectivity index (χ1v) is 12.6. The van der Waals surface area contributed by atoms with Gasteiger partial charge in [0, 0.05) is 43.3 Å². The van der Waals surface area contributed by atoms with E-state index in [0.717, 1.165) is 0 Å². The second-order valence-corrected chi connectivity index (χ2v) is 10.3. The molecule has 10 nitrogen and oxygen atoms in total. The van der Waals surface area contributed by atoms with Crippen LogP contribution in [0.5, 0.6) is 11.5 Å². The highest BCUT2D eigenvalue weighted by molar-refractivity contribution is 7.89. The van der Waals surface area contributed by atoms with Crippen molar-refractivity contribution in [3.63, 3.8) is 0 Å². The highest BCUT2D eigenvalue weighted by Crippen LogP contribution is 2.35. The second kappa shape index (κ2) is 9.30. The first-order valence-electron chi connectivity index (χ1n) is 11.2. The Hall–Kier alpha value is -3.05. The zero-order valence-electron chi connectivity index (χ0n) is 19.7. The van der Waals surface area contributed by atoms with Crippen LogP contribution >= 0.6 is 0 Å². The molecule has 2 aliphatic heterocycles. The van der Waals surface area contributed by atoms with Gasteiger partial charge in [-0.1, -0.05) is 0 Å². The molecule has 3 heterocycles. The summed E-state index contributed by atoms with van der Waals surface area (Å²) in [5.74, 6) is -0.322. The van der Waals surface area contributed by atoms with Gasteiger partial charge in [-0.05, 0) is 45.7 Å². The molecule has 2 aliphatic rings. The van der Waals surface area contributed by atoms with Crippen molar-refractivity contribution in [3.05, 3.63) is 35.2 Å². The highest BCUT2D eigenvalue weighted by atomic mass is 32.2. The predicted octanol–water partition coefficient (Wildman–Crippen LogP) is 2.59. The van der Waals surface area contributed by atoms with Crippen molar-refractivity contribution in [2.24, 2.45) is 13.0 Å². The molecule has 1 aromatic carbocycles. The maximum atomic E-state index is 13.7. The molecule has 0 spiro atoms. The Morgan fingerprint density at radius 3 is 2.65 bits per heavy atom. The van der Waals surface area contributed by atoms with Gasteiger partial charge in [-0.25, -0.2) is 13.2 Å². The minimum Gasteiger partial charge on any atom is -0.462 e. The topological polar surface area (TPSA) is 116 Å². The summed E-state index contributed by atoms with van der Waals surface area (Å²) < 4.78 is 46.1. The van der Waals surface area contributed by atoms with Crippen LogP contribution in [-0.4, -0.2) is 55.7 Å². The number of amides is 1. The molecule has 0 saturated carbocycles. The number of anilines is 1. The maximum Gasteiger partial charge on any atom is 0.341 e. The van der Waals surface area contributed by atoms with Crippen LogP contribution in [0.15, 0.2) is 23.1 Å². The van der Waals surface area contributed by atoms with Crippen LogP contribution in [0.25, 0.3) is 0 Å². The molecule has 184 valence electrons. The Bertz CT molecular complexity index is 1240. The number of hydrogen-bond donors (Lipinski definition) is 1. The van der Waals surface area contributed by atoms with Crippen LogP contribution in [0, 0.1) is 19.8 Å². The van der Waals surface area contributed by atoms with Crippen LogP contribution in [-0.2, 0) is 26.6 Å². The predicted molar refractivity (Wildman–Crippen MR) is 124 cm³/mol. The van der Waals surface area contributed by atoms with Crippen molar-refractivity contribution in [1.82, 2.24) is 8.87 Å². The summed E-state index contributed by atoms with van der Waals surface area (Å²) in [6.07, 6.45) is 1.08. The van der Waals surface area contributed by atoms with Crippen molar-refractivity contribution in [3.8, 4) is 11.5 Å².